The highest BCUT2D eigenvalue weighted by Crippen LogP contribution is 2.46. The number of allylic oxidation sites excluding steroid dienone is 3. The summed E-state index contributed by atoms with van der Waals surface area (Å²) in [6.07, 6.45) is 1.21. The Balaban J connectivity index is 2.05. The lowest BCUT2D eigenvalue weighted by molar-refractivity contribution is -0.140. The van der Waals surface area contributed by atoms with Gasteiger partial charge in [0.25, 0.3) is 0 Å². The lowest BCUT2D eigenvalue weighted by Crippen LogP contribution is -2.38. The lowest BCUT2D eigenvalue weighted by atomic mass is 9.68. The quantitative estimate of drug-likeness (QED) is 0.540. The van der Waals surface area contributed by atoms with E-state index in [0.717, 1.165) is 29.1 Å². The van der Waals surface area contributed by atoms with Crippen molar-refractivity contribution in [2.45, 2.75) is 46.5 Å². The Labute approximate surface area is 178 Å². The smallest absolute Gasteiger partial charge is 0.336 e. The van der Waals surface area contributed by atoms with Crippen molar-refractivity contribution in [3.8, 4) is 5.75 Å². The van der Waals surface area contributed by atoms with Crippen molar-refractivity contribution in [3.63, 3.8) is 0 Å². The Bertz CT molecular complexity index is 879. The standard InChI is InChI=1S/C24H31NO5/c1-6-29-17-9-7-16(8-10-17)21-20(23(27)30-12-11-28-5)15(2)25-18-13-24(3,4)14-19(26)22(18)21/h7-10,21,25H,6,11-14H2,1-5H3/t21-/m1/s1. The van der Waals surface area contributed by atoms with Gasteiger partial charge in [0.05, 0.1) is 18.8 Å². The molecule has 1 N–H and O–H groups in total. The molecule has 0 saturated carbocycles. The summed E-state index contributed by atoms with van der Waals surface area (Å²) in [5.74, 6) is -0.0663. The molecule has 1 aromatic carbocycles. The second kappa shape index (κ2) is 9.04. The Hall–Kier alpha value is -2.60. The van der Waals surface area contributed by atoms with Gasteiger partial charge in [-0.3, -0.25) is 4.79 Å². The lowest BCUT2D eigenvalue weighted by Gasteiger charge is -2.39. The highest BCUT2D eigenvalue weighted by Gasteiger charge is 2.43. The molecule has 6 heteroatoms. The van der Waals surface area contributed by atoms with Crippen LogP contribution in [0.4, 0.5) is 0 Å². The van der Waals surface area contributed by atoms with E-state index in [0.29, 0.717) is 30.8 Å². The SMILES string of the molecule is CCOc1ccc([C@@H]2C(C(=O)OCCOC)=C(C)NC3=C2C(=O)CC(C)(C)C3)cc1. The number of nitrogens with one attached hydrogen (secondary N) is 1. The Kier molecular flexibility index (Phi) is 6.66. The molecule has 0 unspecified atom stereocenters. The number of ether oxygens (including phenoxy) is 3. The minimum atomic E-state index is -0.462. The highest BCUT2D eigenvalue weighted by atomic mass is 16.6. The molecule has 1 atom stereocenters. The third-order valence-corrected chi connectivity index (χ3v) is 5.50. The fourth-order valence-electron chi connectivity index (χ4n) is 4.26. The summed E-state index contributed by atoms with van der Waals surface area (Å²) < 4.78 is 16.0. The minimum Gasteiger partial charge on any atom is -0.494 e. The average molecular weight is 414 g/mol. The van der Waals surface area contributed by atoms with Crippen molar-refractivity contribution < 1.29 is 23.8 Å². The summed E-state index contributed by atoms with van der Waals surface area (Å²) in [7, 11) is 1.56. The van der Waals surface area contributed by atoms with Crippen molar-refractivity contribution in [2.24, 2.45) is 5.41 Å². The van der Waals surface area contributed by atoms with Crippen molar-refractivity contribution >= 4 is 11.8 Å². The van der Waals surface area contributed by atoms with E-state index >= 15 is 0 Å². The maximum Gasteiger partial charge on any atom is 0.336 e. The van der Waals surface area contributed by atoms with Crippen LogP contribution in [0, 0.1) is 5.41 Å². The fourth-order valence-corrected chi connectivity index (χ4v) is 4.26. The maximum absolute atomic E-state index is 13.2. The summed E-state index contributed by atoms with van der Waals surface area (Å²) >= 11 is 0. The molecule has 162 valence electrons. The maximum atomic E-state index is 13.2. The monoisotopic (exact) mass is 413 g/mol. The first-order chi connectivity index (χ1) is 14.3. The molecule has 1 aliphatic heterocycles. The van der Waals surface area contributed by atoms with Gasteiger partial charge in [0.1, 0.15) is 12.4 Å². The zero-order valence-electron chi connectivity index (χ0n) is 18.5. The van der Waals surface area contributed by atoms with Crippen molar-refractivity contribution in [1.82, 2.24) is 5.32 Å². The van der Waals surface area contributed by atoms with Crippen LogP contribution in [-0.2, 0) is 19.1 Å². The highest BCUT2D eigenvalue weighted by molar-refractivity contribution is 6.04. The van der Waals surface area contributed by atoms with E-state index in [9.17, 15) is 9.59 Å². The van der Waals surface area contributed by atoms with Gasteiger partial charge in [-0.25, -0.2) is 4.79 Å². The van der Waals surface area contributed by atoms with Gasteiger partial charge < -0.3 is 19.5 Å². The second-order valence-corrected chi connectivity index (χ2v) is 8.56. The normalized spacial score (nSPS) is 20.6. The van der Waals surface area contributed by atoms with Crippen LogP contribution in [0.15, 0.2) is 46.8 Å². The van der Waals surface area contributed by atoms with Crippen LogP contribution in [0.25, 0.3) is 0 Å². The fraction of sp³-hybridized carbons (Fsp3) is 0.500. The third-order valence-electron chi connectivity index (χ3n) is 5.50. The van der Waals surface area contributed by atoms with E-state index in [4.69, 9.17) is 14.2 Å². The van der Waals surface area contributed by atoms with Crippen molar-refractivity contribution in [1.29, 1.82) is 0 Å². The molecule has 0 spiro atoms. The first-order valence-corrected chi connectivity index (χ1v) is 10.4. The van der Waals surface area contributed by atoms with Crippen LogP contribution < -0.4 is 10.1 Å². The minimum absolute atomic E-state index is 0.0716. The molecule has 0 amide bonds. The van der Waals surface area contributed by atoms with Crippen LogP contribution in [0.2, 0.25) is 0 Å². The van der Waals surface area contributed by atoms with Crippen molar-refractivity contribution in [2.75, 3.05) is 26.9 Å². The molecular weight excluding hydrogens is 382 g/mol. The molecule has 3 rings (SSSR count). The van der Waals surface area contributed by atoms with Gasteiger partial charge in [0, 0.05) is 36.4 Å². The molecule has 1 aliphatic carbocycles. The number of dihydropyridines is 1. The number of ketones is 1. The Morgan fingerprint density at radius 3 is 2.50 bits per heavy atom. The van der Waals surface area contributed by atoms with E-state index in [1.54, 1.807) is 7.11 Å². The van der Waals surface area contributed by atoms with Crippen molar-refractivity contribution in [3.05, 3.63) is 52.4 Å². The number of rotatable bonds is 7. The van der Waals surface area contributed by atoms with Crippen LogP contribution >= 0.6 is 0 Å². The molecule has 0 saturated heterocycles. The van der Waals surface area contributed by atoms with E-state index in [-0.39, 0.29) is 17.8 Å². The summed E-state index contributed by atoms with van der Waals surface area (Å²) in [5, 5.41) is 3.34. The topological polar surface area (TPSA) is 73.9 Å². The van der Waals surface area contributed by atoms with Gasteiger partial charge in [-0.05, 0) is 43.4 Å². The largest absolute Gasteiger partial charge is 0.494 e. The molecule has 0 fully saturated rings. The molecule has 0 radical (unpaired) electrons. The number of carbonyl (C=O) groups excluding carboxylic acids is 2. The van der Waals surface area contributed by atoms with E-state index in [1.165, 1.54) is 0 Å². The number of hydrogen-bond donors (Lipinski definition) is 1. The predicted molar refractivity (Wildman–Crippen MR) is 114 cm³/mol. The number of esters is 1. The van der Waals surface area contributed by atoms with E-state index < -0.39 is 11.9 Å². The summed E-state index contributed by atoms with van der Waals surface area (Å²) in [5.41, 5.74) is 3.52. The van der Waals surface area contributed by atoms with Crippen LogP contribution in [0.3, 0.4) is 0 Å². The first-order valence-electron chi connectivity index (χ1n) is 10.4. The molecular formula is C24H31NO5. The van der Waals surface area contributed by atoms with E-state index in [1.807, 2.05) is 38.1 Å². The summed E-state index contributed by atoms with van der Waals surface area (Å²) in [4.78, 5) is 26.2. The summed E-state index contributed by atoms with van der Waals surface area (Å²) in [6.45, 7) is 9.04. The van der Waals surface area contributed by atoms with E-state index in [2.05, 4.69) is 19.2 Å². The zero-order valence-corrected chi connectivity index (χ0v) is 18.5. The molecule has 6 nitrogen and oxygen atoms in total. The Morgan fingerprint density at radius 1 is 1.17 bits per heavy atom. The van der Waals surface area contributed by atoms with Gasteiger partial charge in [-0.15, -0.1) is 0 Å². The van der Waals surface area contributed by atoms with Gasteiger partial charge in [-0.2, -0.15) is 0 Å². The van der Waals surface area contributed by atoms with Gasteiger partial charge >= 0.3 is 5.97 Å². The second-order valence-electron chi connectivity index (χ2n) is 8.56. The number of carbonyl (C=O) groups is 2. The van der Waals surface area contributed by atoms with Gasteiger partial charge in [0.2, 0.25) is 0 Å². The Morgan fingerprint density at radius 2 is 1.87 bits per heavy atom. The molecule has 0 aromatic heterocycles. The number of Topliss-reactive ketones (excluding diaryl/α,β-unsaturated/α-hetero) is 1. The number of benzene rings is 1. The van der Waals surface area contributed by atoms with Crippen LogP contribution in [0.1, 0.15) is 52.0 Å². The van der Waals surface area contributed by atoms with Gasteiger partial charge in [-0.1, -0.05) is 26.0 Å². The summed E-state index contributed by atoms with van der Waals surface area (Å²) in [6, 6.07) is 7.60. The third kappa shape index (κ3) is 4.59. The number of hydrogen-bond acceptors (Lipinski definition) is 6. The molecule has 2 aliphatic rings. The molecule has 1 aromatic rings. The van der Waals surface area contributed by atoms with Gasteiger partial charge in [0.15, 0.2) is 5.78 Å². The number of methoxy groups -OCH3 is 1. The van der Waals surface area contributed by atoms with Crippen LogP contribution in [0.5, 0.6) is 5.75 Å². The van der Waals surface area contributed by atoms with Crippen LogP contribution in [-0.4, -0.2) is 38.7 Å². The molecule has 1 heterocycles. The first kappa shape index (κ1) is 22.1. The molecule has 30 heavy (non-hydrogen) atoms. The predicted octanol–water partition coefficient (Wildman–Crippen LogP) is 3.88. The zero-order chi connectivity index (χ0) is 21.9. The molecule has 0 bridgehead atoms. The average Bonchev–Trinajstić information content (AvgIpc) is 2.67.